The van der Waals surface area contributed by atoms with Crippen molar-refractivity contribution < 1.29 is 22.3 Å². The summed E-state index contributed by atoms with van der Waals surface area (Å²) in [5, 5.41) is 0. The van der Waals surface area contributed by atoms with Crippen molar-refractivity contribution in [3.05, 3.63) is 29.6 Å². The number of halogens is 1. The number of rotatable bonds is 6. The van der Waals surface area contributed by atoms with Crippen LogP contribution in [0.4, 0.5) is 10.1 Å². The first-order chi connectivity index (χ1) is 9.31. The van der Waals surface area contributed by atoms with Gasteiger partial charge in [0.15, 0.2) is 0 Å². The number of nitrogens with zero attached hydrogens (tertiary/aromatic N) is 1. The smallest absolute Gasteiger partial charge is 0.326 e. The maximum atomic E-state index is 13.1. The van der Waals surface area contributed by atoms with E-state index < -0.39 is 28.4 Å². The predicted molar refractivity (Wildman–Crippen MR) is 74.6 cm³/mol. The minimum atomic E-state index is -3.65. The SMILES string of the molecule is CCOC(=O)CN(c1ccc(F)cc1C)S(=O)(=O)CC. The van der Waals surface area contributed by atoms with E-state index in [1.165, 1.54) is 19.1 Å². The first kappa shape index (κ1) is 16.4. The van der Waals surface area contributed by atoms with Crippen molar-refractivity contribution in [3.8, 4) is 0 Å². The molecular weight excluding hydrogens is 285 g/mol. The number of benzene rings is 1. The number of sulfonamides is 1. The van der Waals surface area contributed by atoms with Crippen LogP contribution < -0.4 is 4.31 Å². The van der Waals surface area contributed by atoms with Gasteiger partial charge in [0.2, 0.25) is 10.0 Å². The Bertz CT molecular complexity index is 586. The molecule has 0 N–H and O–H groups in total. The lowest BCUT2D eigenvalue weighted by Crippen LogP contribution is -2.38. The van der Waals surface area contributed by atoms with Crippen LogP contribution in [0.3, 0.4) is 0 Å². The van der Waals surface area contributed by atoms with Crippen molar-refractivity contribution in [2.24, 2.45) is 0 Å². The highest BCUT2D eigenvalue weighted by Gasteiger charge is 2.25. The maximum absolute atomic E-state index is 13.1. The summed E-state index contributed by atoms with van der Waals surface area (Å²) in [6.07, 6.45) is 0. The zero-order chi connectivity index (χ0) is 15.3. The summed E-state index contributed by atoms with van der Waals surface area (Å²) in [5.41, 5.74) is 0.715. The normalized spacial score (nSPS) is 11.2. The topological polar surface area (TPSA) is 63.7 Å². The molecule has 0 heterocycles. The fourth-order valence-corrected chi connectivity index (χ4v) is 2.83. The average Bonchev–Trinajstić information content (AvgIpc) is 2.37. The minimum absolute atomic E-state index is 0.163. The Balaban J connectivity index is 3.20. The van der Waals surface area contributed by atoms with E-state index in [9.17, 15) is 17.6 Å². The van der Waals surface area contributed by atoms with Crippen molar-refractivity contribution in [1.29, 1.82) is 0 Å². The summed E-state index contributed by atoms with van der Waals surface area (Å²) in [7, 11) is -3.65. The summed E-state index contributed by atoms with van der Waals surface area (Å²) in [6.45, 7) is 4.45. The molecule has 1 aromatic carbocycles. The zero-order valence-electron chi connectivity index (χ0n) is 11.7. The van der Waals surface area contributed by atoms with Crippen molar-refractivity contribution >= 4 is 21.7 Å². The van der Waals surface area contributed by atoms with Crippen LogP contribution >= 0.6 is 0 Å². The van der Waals surface area contributed by atoms with Gasteiger partial charge in [-0.25, -0.2) is 12.8 Å². The predicted octanol–water partition coefficient (Wildman–Crippen LogP) is 1.85. The van der Waals surface area contributed by atoms with E-state index in [1.807, 2.05) is 0 Å². The van der Waals surface area contributed by atoms with Crippen LogP contribution in [0.15, 0.2) is 18.2 Å². The molecule has 0 radical (unpaired) electrons. The van der Waals surface area contributed by atoms with Crippen LogP contribution in [0.5, 0.6) is 0 Å². The summed E-state index contributed by atoms with van der Waals surface area (Å²) in [6, 6.07) is 3.72. The van der Waals surface area contributed by atoms with E-state index in [0.717, 1.165) is 10.4 Å². The fraction of sp³-hybridized carbons (Fsp3) is 0.462. The van der Waals surface area contributed by atoms with Crippen LogP contribution in [0.1, 0.15) is 19.4 Å². The van der Waals surface area contributed by atoms with Gasteiger partial charge in [-0.15, -0.1) is 0 Å². The number of aryl methyl sites for hydroxylation is 1. The van der Waals surface area contributed by atoms with Gasteiger partial charge in [0.05, 0.1) is 18.0 Å². The Morgan fingerprint density at radius 3 is 2.50 bits per heavy atom. The molecule has 20 heavy (non-hydrogen) atoms. The summed E-state index contributed by atoms with van der Waals surface area (Å²) in [4.78, 5) is 11.6. The van der Waals surface area contributed by atoms with Crippen LogP contribution in [0.2, 0.25) is 0 Å². The largest absolute Gasteiger partial charge is 0.465 e. The Labute approximate surface area is 118 Å². The Kier molecular flexibility index (Phi) is 5.50. The van der Waals surface area contributed by atoms with Gasteiger partial charge < -0.3 is 4.74 Å². The highest BCUT2D eigenvalue weighted by atomic mass is 32.2. The quantitative estimate of drug-likeness (QED) is 0.752. The zero-order valence-corrected chi connectivity index (χ0v) is 12.5. The number of ether oxygens (including phenoxy) is 1. The maximum Gasteiger partial charge on any atom is 0.326 e. The molecule has 0 aliphatic rings. The van der Waals surface area contributed by atoms with Gasteiger partial charge in [-0.3, -0.25) is 9.10 Å². The lowest BCUT2D eigenvalue weighted by Gasteiger charge is -2.24. The summed E-state index contributed by atoms with van der Waals surface area (Å²) < 4.78 is 43.1. The third-order valence-electron chi connectivity index (χ3n) is 2.71. The van der Waals surface area contributed by atoms with Gasteiger partial charge in [-0.05, 0) is 44.5 Å². The Hall–Kier alpha value is -1.63. The second kappa shape index (κ2) is 6.69. The second-order valence-corrected chi connectivity index (χ2v) is 6.32. The number of esters is 1. The molecule has 112 valence electrons. The fourth-order valence-electron chi connectivity index (χ4n) is 1.71. The number of carbonyl (C=O) groups is 1. The molecule has 0 unspecified atom stereocenters. The average molecular weight is 303 g/mol. The van der Waals surface area contributed by atoms with E-state index in [2.05, 4.69) is 0 Å². The van der Waals surface area contributed by atoms with E-state index in [0.29, 0.717) is 5.56 Å². The third-order valence-corrected chi connectivity index (χ3v) is 4.43. The van der Waals surface area contributed by atoms with Crippen LogP contribution in [-0.2, 0) is 19.6 Å². The van der Waals surface area contributed by atoms with E-state index in [1.54, 1.807) is 13.8 Å². The molecule has 0 bridgehead atoms. The number of anilines is 1. The highest BCUT2D eigenvalue weighted by Crippen LogP contribution is 2.24. The van der Waals surface area contributed by atoms with Gasteiger partial charge in [0, 0.05) is 0 Å². The van der Waals surface area contributed by atoms with Crippen LogP contribution in [-0.4, -0.2) is 33.3 Å². The molecule has 5 nitrogen and oxygen atoms in total. The summed E-state index contributed by atoms with van der Waals surface area (Å²) >= 11 is 0. The monoisotopic (exact) mass is 303 g/mol. The molecule has 1 aromatic rings. The number of hydrogen-bond acceptors (Lipinski definition) is 4. The molecule has 0 aliphatic carbocycles. The molecule has 0 saturated carbocycles. The number of hydrogen-bond donors (Lipinski definition) is 0. The van der Waals surface area contributed by atoms with E-state index in [4.69, 9.17) is 4.74 Å². The molecule has 0 saturated heterocycles. The van der Waals surface area contributed by atoms with Gasteiger partial charge in [-0.1, -0.05) is 0 Å². The molecule has 0 aliphatic heterocycles. The van der Waals surface area contributed by atoms with Crippen molar-refractivity contribution in [2.45, 2.75) is 20.8 Å². The first-order valence-electron chi connectivity index (χ1n) is 6.24. The molecule has 0 fully saturated rings. The molecule has 0 amide bonds. The molecule has 0 spiro atoms. The summed E-state index contributed by atoms with van der Waals surface area (Å²) in [5.74, 6) is -1.27. The minimum Gasteiger partial charge on any atom is -0.465 e. The second-order valence-electron chi connectivity index (χ2n) is 4.14. The van der Waals surface area contributed by atoms with Crippen molar-refractivity contribution in [1.82, 2.24) is 0 Å². The van der Waals surface area contributed by atoms with Crippen LogP contribution in [0.25, 0.3) is 0 Å². The lowest BCUT2D eigenvalue weighted by atomic mass is 10.2. The van der Waals surface area contributed by atoms with Gasteiger partial charge in [0.25, 0.3) is 0 Å². The van der Waals surface area contributed by atoms with E-state index in [-0.39, 0.29) is 18.0 Å². The Morgan fingerprint density at radius 2 is 2.00 bits per heavy atom. The van der Waals surface area contributed by atoms with Crippen LogP contribution in [0, 0.1) is 12.7 Å². The van der Waals surface area contributed by atoms with Gasteiger partial charge in [-0.2, -0.15) is 0 Å². The molecule has 0 aromatic heterocycles. The molecular formula is C13H18FNO4S. The molecule has 1 rings (SSSR count). The molecule has 0 atom stereocenters. The third kappa shape index (κ3) is 3.93. The lowest BCUT2D eigenvalue weighted by molar-refractivity contribution is -0.141. The van der Waals surface area contributed by atoms with Gasteiger partial charge in [0.1, 0.15) is 12.4 Å². The van der Waals surface area contributed by atoms with Crippen molar-refractivity contribution in [2.75, 3.05) is 23.2 Å². The van der Waals surface area contributed by atoms with Crippen molar-refractivity contribution in [3.63, 3.8) is 0 Å². The molecule has 7 heteroatoms. The number of carbonyl (C=O) groups excluding carboxylic acids is 1. The Morgan fingerprint density at radius 1 is 1.35 bits per heavy atom. The standard InChI is InChI=1S/C13H18FNO4S/c1-4-19-13(16)9-15(20(17,18)5-2)12-7-6-11(14)8-10(12)3/h6-8H,4-5,9H2,1-3H3. The van der Waals surface area contributed by atoms with E-state index >= 15 is 0 Å². The highest BCUT2D eigenvalue weighted by molar-refractivity contribution is 7.92. The van der Waals surface area contributed by atoms with Gasteiger partial charge >= 0.3 is 5.97 Å². The first-order valence-corrected chi connectivity index (χ1v) is 7.85.